The molecule has 0 radical (unpaired) electrons. The summed E-state index contributed by atoms with van der Waals surface area (Å²) in [6, 6.07) is 0. The van der Waals surface area contributed by atoms with E-state index in [1.54, 1.807) is 0 Å². The molecule has 0 aliphatic carbocycles. The summed E-state index contributed by atoms with van der Waals surface area (Å²) in [7, 11) is 0. The van der Waals surface area contributed by atoms with E-state index in [-0.39, 0.29) is 0 Å². The van der Waals surface area contributed by atoms with Crippen LogP contribution in [0.3, 0.4) is 0 Å². The first-order valence-corrected chi connectivity index (χ1v) is 5.20. The van der Waals surface area contributed by atoms with E-state index in [1.165, 1.54) is 5.69 Å². The monoisotopic (exact) mass is 204 g/mol. The summed E-state index contributed by atoms with van der Waals surface area (Å²) in [4.78, 5) is 8.63. The van der Waals surface area contributed by atoms with Crippen molar-refractivity contribution < 1.29 is 0 Å². The normalized spacial score (nSPS) is 10.9. The van der Waals surface area contributed by atoms with Crippen LogP contribution >= 0.6 is 0 Å². The first-order valence-electron chi connectivity index (χ1n) is 5.20. The van der Waals surface area contributed by atoms with Crippen molar-refractivity contribution in [3.05, 3.63) is 35.9 Å². The molecule has 0 atom stereocenters. The molecule has 0 fully saturated rings. The van der Waals surface area contributed by atoms with Gasteiger partial charge >= 0.3 is 0 Å². The summed E-state index contributed by atoms with van der Waals surface area (Å²) in [6.45, 7) is 7.99. The zero-order valence-corrected chi connectivity index (χ0v) is 9.44. The lowest BCUT2D eigenvalue weighted by molar-refractivity contribution is 0.643. The predicted molar refractivity (Wildman–Crippen MR) is 58.7 cm³/mol. The first kappa shape index (κ1) is 9.96. The molecule has 2 aromatic rings. The van der Waals surface area contributed by atoms with Crippen molar-refractivity contribution >= 4 is 0 Å². The van der Waals surface area contributed by atoms with Crippen LogP contribution in [0.4, 0.5) is 0 Å². The maximum atomic E-state index is 4.35. The number of aryl methyl sites for hydroxylation is 2. The maximum absolute atomic E-state index is 4.35. The average molecular weight is 204 g/mol. The molecule has 2 heterocycles. The van der Waals surface area contributed by atoms with Crippen LogP contribution in [0.15, 0.2) is 18.7 Å². The van der Waals surface area contributed by atoms with Crippen molar-refractivity contribution in [1.29, 1.82) is 0 Å². The molecule has 0 amide bonds. The van der Waals surface area contributed by atoms with Crippen LogP contribution in [-0.2, 0) is 13.1 Å². The van der Waals surface area contributed by atoms with Crippen molar-refractivity contribution in [3.63, 3.8) is 0 Å². The molecular weight excluding hydrogens is 188 g/mol. The summed E-state index contributed by atoms with van der Waals surface area (Å²) in [5.74, 6) is 1.08. The van der Waals surface area contributed by atoms with E-state index in [1.807, 2.05) is 25.6 Å². The molecule has 4 heteroatoms. The van der Waals surface area contributed by atoms with Gasteiger partial charge in [0.1, 0.15) is 5.82 Å². The van der Waals surface area contributed by atoms with E-state index in [0.717, 1.165) is 24.6 Å². The van der Waals surface area contributed by atoms with Crippen molar-refractivity contribution in [3.8, 4) is 0 Å². The van der Waals surface area contributed by atoms with Gasteiger partial charge in [0, 0.05) is 24.6 Å². The van der Waals surface area contributed by atoms with Gasteiger partial charge in [0.25, 0.3) is 0 Å². The average Bonchev–Trinajstić information content (AvgIpc) is 2.80. The highest BCUT2D eigenvalue weighted by Gasteiger charge is 2.06. The third-order valence-corrected chi connectivity index (χ3v) is 2.80. The Bertz CT molecular complexity index is 453. The summed E-state index contributed by atoms with van der Waals surface area (Å²) in [5, 5.41) is 0. The molecule has 80 valence electrons. The summed E-state index contributed by atoms with van der Waals surface area (Å²) in [5.41, 5.74) is 2.30. The third kappa shape index (κ3) is 1.79. The highest BCUT2D eigenvalue weighted by molar-refractivity contribution is 5.10. The van der Waals surface area contributed by atoms with Crippen LogP contribution in [0.1, 0.15) is 24.1 Å². The second-order valence-electron chi connectivity index (χ2n) is 3.67. The fourth-order valence-electron chi connectivity index (χ4n) is 1.64. The van der Waals surface area contributed by atoms with Gasteiger partial charge in [0.15, 0.2) is 0 Å². The quantitative estimate of drug-likeness (QED) is 0.763. The minimum Gasteiger partial charge on any atom is -0.334 e. The molecule has 0 aliphatic heterocycles. The van der Waals surface area contributed by atoms with Crippen LogP contribution in [0.5, 0.6) is 0 Å². The fourth-order valence-corrected chi connectivity index (χ4v) is 1.64. The Morgan fingerprint density at radius 2 is 2.00 bits per heavy atom. The number of imidazole rings is 2. The lowest BCUT2D eigenvalue weighted by Crippen LogP contribution is -2.08. The molecular formula is C11H16N4. The minimum atomic E-state index is 0.799. The topological polar surface area (TPSA) is 35.6 Å². The lowest BCUT2D eigenvalue weighted by atomic mass is 10.4. The highest BCUT2D eigenvalue weighted by atomic mass is 15.1. The number of hydrogen-bond acceptors (Lipinski definition) is 2. The maximum Gasteiger partial charge on any atom is 0.128 e. The second kappa shape index (κ2) is 3.88. The first-order chi connectivity index (χ1) is 7.22. The lowest BCUT2D eigenvalue weighted by Gasteiger charge is -2.07. The Morgan fingerprint density at radius 1 is 1.20 bits per heavy atom. The highest BCUT2D eigenvalue weighted by Crippen LogP contribution is 2.07. The number of rotatable bonds is 3. The van der Waals surface area contributed by atoms with E-state index in [0.29, 0.717) is 0 Å². The van der Waals surface area contributed by atoms with E-state index in [9.17, 15) is 0 Å². The standard InChI is InChI=1S/C11H16N4/c1-4-14-6-5-12-11(14)7-15-8-13-9(2)10(15)3/h5-6,8H,4,7H2,1-3H3. The third-order valence-electron chi connectivity index (χ3n) is 2.80. The van der Waals surface area contributed by atoms with Gasteiger partial charge < -0.3 is 9.13 Å². The van der Waals surface area contributed by atoms with Crippen molar-refractivity contribution in [1.82, 2.24) is 19.1 Å². The van der Waals surface area contributed by atoms with Gasteiger partial charge in [0.05, 0.1) is 18.6 Å². The SMILES string of the molecule is CCn1ccnc1Cn1cnc(C)c1C. The fraction of sp³-hybridized carbons (Fsp3) is 0.455. The molecule has 2 aromatic heterocycles. The smallest absolute Gasteiger partial charge is 0.128 e. The zero-order valence-electron chi connectivity index (χ0n) is 9.44. The van der Waals surface area contributed by atoms with Crippen LogP contribution in [0, 0.1) is 13.8 Å². The van der Waals surface area contributed by atoms with Crippen LogP contribution in [0.2, 0.25) is 0 Å². The van der Waals surface area contributed by atoms with E-state index in [4.69, 9.17) is 0 Å². The Hall–Kier alpha value is -1.58. The van der Waals surface area contributed by atoms with Gasteiger partial charge in [-0.05, 0) is 20.8 Å². The van der Waals surface area contributed by atoms with Crippen molar-refractivity contribution in [2.45, 2.75) is 33.9 Å². The molecule has 0 saturated heterocycles. The van der Waals surface area contributed by atoms with Gasteiger partial charge in [-0.2, -0.15) is 0 Å². The molecule has 0 aliphatic rings. The summed E-state index contributed by atoms with van der Waals surface area (Å²) < 4.78 is 4.28. The molecule has 0 bridgehead atoms. The predicted octanol–water partition coefficient (Wildman–Crippen LogP) is 1.76. The van der Waals surface area contributed by atoms with Gasteiger partial charge in [0.2, 0.25) is 0 Å². The molecule has 0 unspecified atom stereocenters. The van der Waals surface area contributed by atoms with Crippen molar-refractivity contribution in [2.24, 2.45) is 0 Å². The van der Waals surface area contributed by atoms with E-state index < -0.39 is 0 Å². The Kier molecular flexibility index (Phi) is 2.58. The molecule has 0 saturated carbocycles. The largest absolute Gasteiger partial charge is 0.334 e. The Morgan fingerprint density at radius 3 is 2.60 bits per heavy atom. The molecule has 2 rings (SSSR count). The molecule has 0 aromatic carbocycles. The van der Waals surface area contributed by atoms with Gasteiger partial charge in [-0.3, -0.25) is 0 Å². The van der Waals surface area contributed by atoms with E-state index in [2.05, 4.69) is 32.9 Å². The molecule has 15 heavy (non-hydrogen) atoms. The zero-order chi connectivity index (χ0) is 10.8. The van der Waals surface area contributed by atoms with Crippen LogP contribution in [0.25, 0.3) is 0 Å². The van der Waals surface area contributed by atoms with Crippen LogP contribution in [-0.4, -0.2) is 19.1 Å². The summed E-state index contributed by atoms with van der Waals surface area (Å²) >= 11 is 0. The number of aromatic nitrogens is 4. The Labute approximate surface area is 89.6 Å². The molecule has 0 N–H and O–H groups in total. The second-order valence-corrected chi connectivity index (χ2v) is 3.67. The van der Waals surface area contributed by atoms with E-state index >= 15 is 0 Å². The van der Waals surface area contributed by atoms with Crippen molar-refractivity contribution in [2.75, 3.05) is 0 Å². The molecule has 4 nitrogen and oxygen atoms in total. The van der Waals surface area contributed by atoms with Crippen LogP contribution < -0.4 is 0 Å². The Balaban J connectivity index is 2.25. The summed E-state index contributed by atoms with van der Waals surface area (Å²) in [6.07, 6.45) is 5.73. The number of hydrogen-bond donors (Lipinski definition) is 0. The number of nitrogens with zero attached hydrogens (tertiary/aromatic N) is 4. The van der Waals surface area contributed by atoms with Gasteiger partial charge in [-0.15, -0.1) is 0 Å². The molecule has 0 spiro atoms. The van der Waals surface area contributed by atoms with Gasteiger partial charge in [-0.25, -0.2) is 9.97 Å². The minimum absolute atomic E-state index is 0.799. The van der Waals surface area contributed by atoms with Gasteiger partial charge in [-0.1, -0.05) is 0 Å².